The number of ether oxygens (including phenoxy) is 1. The standard InChI is InChI=1S/C22H26N4O/c1-16-7-6-9-19(13-16)27-17(2)14-25-22(23-3)26-15-21-20-10-5-4-8-18(20)11-12-24-21/h4-13,17H,14-15H2,1-3H3,(H2,23,25,26). The molecule has 0 radical (unpaired) electrons. The normalized spacial score (nSPS) is 12.6. The summed E-state index contributed by atoms with van der Waals surface area (Å²) in [5, 5.41) is 8.97. The zero-order chi connectivity index (χ0) is 19.1. The second-order valence-corrected chi connectivity index (χ2v) is 6.53. The summed E-state index contributed by atoms with van der Waals surface area (Å²) in [5.74, 6) is 1.61. The van der Waals surface area contributed by atoms with E-state index in [0.29, 0.717) is 13.1 Å². The molecule has 0 saturated carbocycles. The second-order valence-electron chi connectivity index (χ2n) is 6.53. The molecule has 0 aliphatic rings. The minimum absolute atomic E-state index is 0.0148. The van der Waals surface area contributed by atoms with Crippen LogP contribution in [0.1, 0.15) is 18.2 Å². The highest BCUT2D eigenvalue weighted by Gasteiger charge is 2.07. The van der Waals surface area contributed by atoms with Crippen LogP contribution >= 0.6 is 0 Å². The number of guanidine groups is 1. The quantitative estimate of drug-likeness (QED) is 0.519. The molecule has 1 heterocycles. The molecular weight excluding hydrogens is 336 g/mol. The SMILES string of the molecule is CN=C(NCc1nccc2ccccc12)NCC(C)Oc1cccc(C)c1. The van der Waals surface area contributed by atoms with Gasteiger partial charge in [-0.3, -0.25) is 9.98 Å². The van der Waals surface area contributed by atoms with Gasteiger partial charge in [0.05, 0.1) is 18.8 Å². The van der Waals surface area contributed by atoms with Crippen molar-refractivity contribution in [1.29, 1.82) is 0 Å². The molecule has 0 bridgehead atoms. The van der Waals surface area contributed by atoms with Gasteiger partial charge >= 0.3 is 0 Å². The molecule has 1 atom stereocenters. The number of rotatable bonds is 6. The Morgan fingerprint density at radius 3 is 2.78 bits per heavy atom. The molecule has 0 fully saturated rings. The Morgan fingerprint density at radius 1 is 1.11 bits per heavy atom. The van der Waals surface area contributed by atoms with Gasteiger partial charge in [-0.1, -0.05) is 36.4 Å². The van der Waals surface area contributed by atoms with E-state index < -0.39 is 0 Å². The van der Waals surface area contributed by atoms with E-state index in [-0.39, 0.29) is 6.10 Å². The summed E-state index contributed by atoms with van der Waals surface area (Å²) < 4.78 is 5.95. The molecular formula is C22H26N4O. The Labute approximate surface area is 160 Å². The van der Waals surface area contributed by atoms with Gasteiger partial charge in [0.25, 0.3) is 0 Å². The van der Waals surface area contributed by atoms with Gasteiger partial charge < -0.3 is 15.4 Å². The average Bonchev–Trinajstić information content (AvgIpc) is 2.68. The molecule has 0 aliphatic carbocycles. The van der Waals surface area contributed by atoms with Crippen LogP contribution in [0.15, 0.2) is 65.8 Å². The number of hydrogen-bond acceptors (Lipinski definition) is 3. The Balaban J connectivity index is 1.53. The van der Waals surface area contributed by atoms with E-state index in [0.717, 1.165) is 22.8 Å². The topological polar surface area (TPSA) is 58.5 Å². The molecule has 3 aromatic rings. The molecule has 2 N–H and O–H groups in total. The van der Waals surface area contributed by atoms with Crippen molar-refractivity contribution in [2.45, 2.75) is 26.5 Å². The molecule has 27 heavy (non-hydrogen) atoms. The summed E-state index contributed by atoms with van der Waals surface area (Å²) in [5.41, 5.74) is 2.19. The van der Waals surface area contributed by atoms with Crippen molar-refractivity contribution in [3.63, 3.8) is 0 Å². The number of hydrogen-bond donors (Lipinski definition) is 2. The third-order valence-corrected chi connectivity index (χ3v) is 4.29. The fourth-order valence-corrected chi connectivity index (χ4v) is 2.91. The summed E-state index contributed by atoms with van der Waals surface area (Å²) in [7, 11) is 1.76. The largest absolute Gasteiger partial charge is 0.489 e. The molecule has 1 aromatic heterocycles. The van der Waals surface area contributed by atoms with Gasteiger partial charge in [0, 0.05) is 18.6 Å². The Kier molecular flexibility index (Phi) is 6.26. The molecule has 0 spiro atoms. The van der Waals surface area contributed by atoms with E-state index in [1.165, 1.54) is 10.9 Å². The fraction of sp³-hybridized carbons (Fsp3) is 0.273. The summed E-state index contributed by atoms with van der Waals surface area (Å²) in [6.07, 6.45) is 1.86. The summed E-state index contributed by atoms with van der Waals surface area (Å²) in [4.78, 5) is 8.79. The van der Waals surface area contributed by atoms with Crippen LogP contribution in [0.4, 0.5) is 0 Å². The highest BCUT2D eigenvalue weighted by molar-refractivity contribution is 5.85. The van der Waals surface area contributed by atoms with E-state index in [1.54, 1.807) is 7.05 Å². The van der Waals surface area contributed by atoms with Crippen LogP contribution in [0.5, 0.6) is 5.75 Å². The number of pyridine rings is 1. The number of aliphatic imine (C=N–C) groups is 1. The molecule has 0 saturated heterocycles. The van der Waals surface area contributed by atoms with E-state index in [4.69, 9.17) is 4.74 Å². The van der Waals surface area contributed by atoms with Crippen LogP contribution in [0, 0.1) is 6.92 Å². The fourth-order valence-electron chi connectivity index (χ4n) is 2.91. The summed E-state index contributed by atoms with van der Waals surface area (Å²) in [6, 6.07) is 18.4. The molecule has 0 amide bonds. The highest BCUT2D eigenvalue weighted by Crippen LogP contribution is 2.16. The number of fused-ring (bicyclic) bond motifs is 1. The van der Waals surface area contributed by atoms with Crippen molar-refractivity contribution in [3.8, 4) is 5.75 Å². The number of nitrogens with one attached hydrogen (secondary N) is 2. The van der Waals surface area contributed by atoms with E-state index >= 15 is 0 Å². The van der Waals surface area contributed by atoms with Crippen molar-refractivity contribution < 1.29 is 4.74 Å². The number of aryl methyl sites for hydroxylation is 1. The van der Waals surface area contributed by atoms with Crippen LogP contribution in [0.2, 0.25) is 0 Å². The van der Waals surface area contributed by atoms with Gasteiger partial charge in [0.15, 0.2) is 5.96 Å². The lowest BCUT2D eigenvalue weighted by Crippen LogP contribution is -2.41. The zero-order valence-corrected chi connectivity index (χ0v) is 16.1. The lowest BCUT2D eigenvalue weighted by atomic mass is 10.1. The van der Waals surface area contributed by atoms with E-state index in [2.05, 4.69) is 45.7 Å². The van der Waals surface area contributed by atoms with Crippen LogP contribution < -0.4 is 15.4 Å². The smallest absolute Gasteiger partial charge is 0.191 e. The van der Waals surface area contributed by atoms with Crippen molar-refractivity contribution >= 4 is 16.7 Å². The Morgan fingerprint density at radius 2 is 1.96 bits per heavy atom. The molecule has 0 aliphatic heterocycles. The van der Waals surface area contributed by atoms with Gasteiger partial charge in [-0.15, -0.1) is 0 Å². The third kappa shape index (κ3) is 5.20. The predicted octanol–water partition coefficient (Wildman–Crippen LogP) is 3.68. The average molecular weight is 362 g/mol. The highest BCUT2D eigenvalue weighted by atomic mass is 16.5. The minimum atomic E-state index is 0.0148. The molecule has 1 unspecified atom stereocenters. The zero-order valence-electron chi connectivity index (χ0n) is 16.1. The number of benzene rings is 2. The van der Waals surface area contributed by atoms with Gasteiger partial charge in [0.2, 0.25) is 0 Å². The summed E-state index contributed by atoms with van der Waals surface area (Å²) in [6.45, 7) is 5.35. The van der Waals surface area contributed by atoms with E-state index in [1.807, 2.05) is 49.5 Å². The van der Waals surface area contributed by atoms with Crippen molar-refractivity contribution in [3.05, 3.63) is 72.1 Å². The lowest BCUT2D eigenvalue weighted by molar-refractivity contribution is 0.223. The first-order chi connectivity index (χ1) is 13.2. The van der Waals surface area contributed by atoms with Crippen molar-refractivity contribution in [1.82, 2.24) is 15.6 Å². The van der Waals surface area contributed by atoms with E-state index in [9.17, 15) is 0 Å². The maximum Gasteiger partial charge on any atom is 0.191 e. The first-order valence-corrected chi connectivity index (χ1v) is 9.16. The van der Waals surface area contributed by atoms with Crippen LogP contribution in [-0.4, -0.2) is 30.6 Å². The second kappa shape index (κ2) is 9.03. The van der Waals surface area contributed by atoms with Crippen LogP contribution in [0.25, 0.3) is 10.8 Å². The Bertz CT molecular complexity index is 918. The maximum atomic E-state index is 5.95. The third-order valence-electron chi connectivity index (χ3n) is 4.29. The molecule has 2 aromatic carbocycles. The summed E-state index contributed by atoms with van der Waals surface area (Å²) >= 11 is 0. The predicted molar refractivity (Wildman–Crippen MR) is 111 cm³/mol. The van der Waals surface area contributed by atoms with Gasteiger partial charge in [0.1, 0.15) is 11.9 Å². The monoisotopic (exact) mass is 362 g/mol. The first kappa shape index (κ1) is 18.7. The van der Waals surface area contributed by atoms with Crippen LogP contribution in [0.3, 0.4) is 0 Å². The molecule has 5 nitrogen and oxygen atoms in total. The van der Waals surface area contributed by atoms with Crippen molar-refractivity contribution in [2.24, 2.45) is 4.99 Å². The first-order valence-electron chi connectivity index (χ1n) is 9.16. The number of nitrogens with zero attached hydrogens (tertiary/aromatic N) is 2. The molecule has 5 heteroatoms. The van der Waals surface area contributed by atoms with Crippen molar-refractivity contribution in [2.75, 3.05) is 13.6 Å². The lowest BCUT2D eigenvalue weighted by Gasteiger charge is -2.18. The molecule has 3 rings (SSSR count). The Hall–Kier alpha value is -3.08. The van der Waals surface area contributed by atoms with Gasteiger partial charge in [-0.05, 0) is 43.0 Å². The number of aromatic nitrogens is 1. The van der Waals surface area contributed by atoms with Crippen LogP contribution in [-0.2, 0) is 6.54 Å². The van der Waals surface area contributed by atoms with Gasteiger partial charge in [-0.25, -0.2) is 0 Å². The van der Waals surface area contributed by atoms with Gasteiger partial charge in [-0.2, -0.15) is 0 Å². The maximum absolute atomic E-state index is 5.95. The molecule has 140 valence electrons. The minimum Gasteiger partial charge on any atom is -0.489 e.